The summed E-state index contributed by atoms with van der Waals surface area (Å²) in [6.07, 6.45) is 1.06. The molecule has 0 radical (unpaired) electrons. The Morgan fingerprint density at radius 2 is 1.86 bits per heavy atom. The van der Waals surface area contributed by atoms with Crippen molar-refractivity contribution in [3.63, 3.8) is 0 Å². The number of hydrogen-bond donors (Lipinski definition) is 2. The molecule has 2 aromatic rings. The maximum absolute atomic E-state index is 12.5. The van der Waals surface area contributed by atoms with E-state index in [1.54, 1.807) is 18.3 Å². The molecule has 1 heterocycles. The van der Waals surface area contributed by atoms with Gasteiger partial charge in [-0.3, -0.25) is 10.1 Å². The van der Waals surface area contributed by atoms with E-state index in [2.05, 4.69) is 60.9 Å². The summed E-state index contributed by atoms with van der Waals surface area (Å²) in [6.45, 7) is 10.2. The summed E-state index contributed by atoms with van der Waals surface area (Å²) >= 11 is 1.67. The van der Waals surface area contributed by atoms with Crippen LogP contribution >= 0.6 is 11.3 Å². The Kier molecular flexibility index (Phi) is 7.79. The Hall–Kier alpha value is -2.16. The molecular formula is C23H31N3OS. The molecule has 0 saturated carbocycles. The molecule has 1 aromatic carbocycles. The lowest BCUT2D eigenvalue weighted by Crippen LogP contribution is -2.51. The molecule has 0 saturated heterocycles. The Balaban J connectivity index is 2.11. The molecule has 1 aromatic heterocycles. The first kappa shape index (κ1) is 22.1. The van der Waals surface area contributed by atoms with Gasteiger partial charge in [0.15, 0.2) is 0 Å². The first-order valence-corrected chi connectivity index (χ1v) is 10.7. The first-order chi connectivity index (χ1) is 13.2. The predicted molar refractivity (Wildman–Crippen MR) is 116 cm³/mol. The largest absolute Gasteiger partial charge is 0.337 e. The second kappa shape index (κ2) is 9.86. The summed E-state index contributed by atoms with van der Waals surface area (Å²) < 4.78 is 0. The van der Waals surface area contributed by atoms with Gasteiger partial charge in [-0.2, -0.15) is 5.26 Å². The minimum absolute atomic E-state index is 0.0306. The number of nitriles is 1. The van der Waals surface area contributed by atoms with Gasteiger partial charge >= 0.3 is 0 Å². The molecule has 150 valence electrons. The highest BCUT2D eigenvalue weighted by Gasteiger charge is 2.30. The molecular weight excluding hydrogens is 366 g/mol. The van der Waals surface area contributed by atoms with Crippen LogP contribution in [-0.2, 0) is 11.2 Å². The summed E-state index contributed by atoms with van der Waals surface area (Å²) in [7, 11) is 0. The average Bonchev–Trinajstić information content (AvgIpc) is 3.17. The van der Waals surface area contributed by atoms with Crippen molar-refractivity contribution >= 4 is 17.2 Å². The quantitative estimate of drug-likeness (QED) is 0.646. The highest BCUT2D eigenvalue weighted by molar-refractivity contribution is 7.10. The molecule has 2 N–H and O–H groups in total. The number of carbonyl (C=O) groups is 1. The van der Waals surface area contributed by atoms with E-state index in [1.165, 1.54) is 5.56 Å². The third-order valence-electron chi connectivity index (χ3n) is 5.04. The van der Waals surface area contributed by atoms with E-state index in [0.29, 0.717) is 5.92 Å². The lowest BCUT2D eigenvalue weighted by atomic mass is 9.90. The molecule has 0 unspecified atom stereocenters. The van der Waals surface area contributed by atoms with Crippen molar-refractivity contribution in [3.8, 4) is 6.07 Å². The topological polar surface area (TPSA) is 64.9 Å². The van der Waals surface area contributed by atoms with Crippen LogP contribution in [0.4, 0.5) is 0 Å². The van der Waals surface area contributed by atoms with Crippen LogP contribution in [0.3, 0.4) is 0 Å². The summed E-state index contributed by atoms with van der Waals surface area (Å²) in [5.41, 5.74) is 1.59. The van der Waals surface area contributed by atoms with E-state index in [1.807, 2.05) is 25.3 Å². The zero-order valence-corrected chi connectivity index (χ0v) is 18.3. The van der Waals surface area contributed by atoms with Crippen LogP contribution in [0.1, 0.15) is 56.7 Å². The van der Waals surface area contributed by atoms with Gasteiger partial charge in [0.2, 0.25) is 5.91 Å². The first-order valence-electron chi connectivity index (χ1n) is 9.83. The minimum atomic E-state index is -0.865. The van der Waals surface area contributed by atoms with Crippen molar-refractivity contribution in [3.05, 3.63) is 57.8 Å². The summed E-state index contributed by atoms with van der Waals surface area (Å²) in [5.74, 6) is 0.481. The Morgan fingerprint density at radius 1 is 1.18 bits per heavy atom. The molecule has 5 heteroatoms. The van der Waals surface area contributed by atoms with Gasteiger partial charge in [-0.1, -0.05) is 58.0 Å². The molecule has 0 spiro atoms. The van der Waals surface area contributed by atoms with Crippen LogP contribution in [-0.4, -0.2) is 18.0 Å². The van der Waals surface area contributed by atoms with Crippen LogP contribution in [0.2, 0.25) is 0 Å². The van der Waals surface area contributed by atoms with Gasteiger partial charge < -0.3 is 5.32 Å². The summed E-state index contributed by atoms with van der Waals surface area (Å²) in [5, 5.41) is 17.7. The average molecular weight is 398 g/mol. The molecule has 2 rings (SSSR count). The molecule has 28 heavy (non-hydrogen) atoms. The monoisotopic (exact) mass is 397 g/mol. The fourth-order valence-electron chi connectivity index (χ4n) is 2.99. The third kappa shape index (κ3) is 5.92. The van der Waals surface area contributed by atoms with Gasteiger partial charge in [-0.05, 0) is 47.8 Å². The molecule has 2 atom stereocenters. The van der Waals surface area contributed by atoms with Gasteiger partial charge in [0.1, 0.15) is 5.54 Å². The van der Waals surface area contributed by atoms with Gasteiger partial charge in [0.25, 0.3) is 0 Å². The van der Waals surface area contributed by atoms with E-state index >= 15 is 0 Å². The number of thiophene rings is 1. The van der Waals surface area contributed by atoms with Crippen LogP contribution in [0.5, 0.6) is 0 Å². The summed E-state index contributed by atoms with van der Waals surface area (Å²) in [6, 6.07) is 14.9. The zero-order valence-electron chi connectivity index (χ0n) is 17.5. The van der Waals surface area contributed by atoms with Gasteiger partial charge in [0.05, 0.1) is 18.7 Å². The number of nitrogens with one attached hydrogen (secondary N) is 2. The number of nitrogens with zero attached hydrogens (tertiary/aromatic N) is 1. The Bertz CT molecular complexity index is 790. The van der Waals surface area contributed by atoms with E-state index in [-0.39, 0.29) is 24.4 Å². The smallest absolute Gasteiger partial charge is 0.235 e. The summed E-state index contributed by atoms with van der Waals surface area (Å²) in [4.78, 5) is 13.6. The van der Waals surface area contributed by atoms with E-state index in [9.17, 15) is 10.1 Å². The van der Waals surface area contributed by atoms with Gasteiger partial charge in [-0.25, -0.2) is 0 Å². The standard InChI is InChI=1S/C23H31N3OS/c1-16(2)13-18-8-10-19(11-9-18)22(20-7-6-12-28-20)25-14-21(27)26-23(5,15-24)17(3)4/h6-12,16-17,22,25H,13-14H2,1-5H3,(H,26,27)/t22-,23+/m1/s1. The van der Waals surface area contributed by atoms with Crippen LogP contribution < -0.4 is 10.6 Å². The van der Waals surface area contributed by atoms with Crippen molar-refractivity contribution in [1.29, 1.82) is 5.26 Å². The SMILES string of the molecule is CC(C)Cc1ccc([C@@H](NCC(=O)N[C@@](C)(C#N)C(C)C)c2cccs2)cc1. The Morgan fingerprint density at radius 3 is 2.36 bits per heavy atom. The third-order valence-corrected chi connectivity index (χ3v) is 5.97. The van der Waals surface area contributed by atoms with Crippen molar-refractivity contribution in [2.45, 2.75) is 52.6 Å². The van der Waals surface area contributed by atoms with Gasteiger partial charge in [-0.15, -0.1) is 11.3 Å². The lowest BCUT2D eigenvalue weighted by molar-refractivity contribution is -0.121. The molecule has 0 fully saturated rings. The fraction of sp³-hybridized carbons (Fsp3) is 0.478. The number of rotatable bonds is 9. The predicted octanol–water partition coefficient (Wildman–Crippen LogP) is 4.68. The van der Waals surface area contributed by atoms with Crippen LogP contribution in [0, 0.1) is 23.2 Å². The molecule has 0 aliphatic heterocycles. The molecule has 0 bridgehead atoms. The number of benzene rings is 1. The minimum Gasteiger partial charge on any atom is -0.337 e. The maximum Gasteiger partial charge on any atom is 0.235 e. The number of amides is 1. The molecule has 4 nitrogen and oxygen atoms in total. The highest BCUT2D eigenvalue weighted by Crippen LogP contribution is 2.26. The lowest BCUT2D eigenvalue weighted by Gasteiger charge is -2.28. The molecule has 0 aliphatic rings. The maximum atomic E-state index is 12.5. The van der Waals surface area contributed by atoms with E-state index in [4.69, 9.17) is 0 Å². The Labute approximate surface area is 173 Å². The molecule has 0 aliphatic carbocycles. The van der Waals surface area contributed by atoms with Crippen molar-refractivity contribution < 1.29 is 4.79 Å². The molecule has 1 amide bonds. The number of hydrogen-bond acceptors (Lipinski definition) is 4. The van der Waals surface area contributed by atoms with Gasteiger partial charge in [0, 0.05) is 4.88 Å². The normalized spacial score (nSPS) is 14.5. The second-order valence-electron chi connectivity index (χ2n) is 8.19. The fourth-order valence-corrected chi connectivity index (χ4v) is 3.81. The highest BCUT2D eigenvalue weighted by atomic mass is 32.1. The van der Waals surface area contributed by atoms with E-state index in [0.717, 1.165) is 16.9 Å². The second-order valence-corrected chi connectivity index (χ2v) is 9.17. The van der Waals surface area contributed by atoms with E-state index < -0.39 is 5.54 Å². The zero-order chi connectivity index (χ0) is 20.7. The number of carbonyl (C=O) groups excluding carboxylic acids is 1. The van der Waals surface area contributed by atoms with Crippen LogP contribution in [0.25, 0.3) is 0 Å². The van der Waals surface area contributed by atoms with Crippen molar-refractivity contribution in [2.75, 3.05) is 6.54 Å². The van der Waals surface area contributed by atoms with Crippen molar-refractivity contribution in [1.82, 2.24) is 10.6 Å². The van der Waals surface area contributed by atoms with Crippen molar-refractivity contribution in [2.24, 2.45) is 11.8 Å². The van der Waals surface area contributed by atoms with Crippen LogP contribution in [0.15, 0.2) is 41.8 Å².